The molecule has 1 aromatic heterocycles. The van der Waals surface area contributed by atoms with Gasteiger partial charge in [0.25, 0.3) is 5.56 Å². The van der Waals surface area contributed by atoms with Crippen LogP contribution in [0, 0.1) is 0 Å². The molecule has 0 spiro atoms. The lowest BCUT2D eigenvalue weighted by molar-refractivity contribution is -0.116. The zero-order valence-corrected chi connectivity index (χ0v) is 17.7. The van der Waals surface area contributed by atoms with Gasteiger partial charge in [-0.25, -0.2) is 9.36 Å². The third kappa shape index (κ3) is 4.85. The number of nitrogens with one attached hydrogen (secondary N) is 1. The monoisotopic (exact) mass is 435 g/mol. The molecule has 0 atom stereocenters. The van der Waals surface area contributed by atoms with Crippen LogP contribution in [0.4, 0.5) is 17.2 Å². The maximum absolute atomic E-state index is 13.2. The van der Waals surface area contributed by atoms with Crippen molar-refractivity contribution in [3.8, 4) is 0 Å². The van der Waals surface area contributed by atoms with Crippen LogP contribution in [-0.2, 0) is 22.6 Å². The van der Waals surface area contributed by atoms with Crippen molar-refractivity contribution in [2.24, 2.45) is 0 Å². The Morgan fingerprint density at radius 1 is 1.20 bits per heavy atom. The summed E-state index contributed by atoms with van der Waals surface area (Å²) in [5.41, 5.74) is 5.77. The second-order valence-electron chi connectivity index (χ2n) is 7.16. The van der Waals surface area contributed by atoms with E-state index in [0.29, 0.717) is 23.8 Å². The molecule has 162 valence electrons. The van der Waals surface area contributed by atoms with E-state index < -0.39 is 23.7 Å². The molecule has 1 fully saturated rings. The van der Waals surface area contributed by atoms with Crippen LogP contribution in [0.2, 0.25) is 5.02 Å². The summed E-state index contributed by atoms with van der Waals surface area (Å²) in [6.07, 6.45) is 2.95. The van der Waals surface area contributed by atoms with E-state index in [1.165, 1.54) is 11.7 Å². The summed E-state index contributed by atoms with van der Waals surface area (Å²) in [6, 6.07) is 6.63. The van der Waals surface area contributed by atoms with Crippen LogP contribution >= 0.6 is 11.6 Å². The number of nitrogen functional groups attached to an aromatic ring is 1. The summed E-state index contributed by atoms with van der Waals surface area (Å²) in [5, 5.41) is 3.13. The third-order valence-electron chi connectivity index (χ3n) is 5.04. The first kappa shape index (κ1) is 21.9. The number of nitrogens with two attached hydrogens (primary N) is 1. The lowest BCUT2D eigenvalue weighted by atomic mass is 10.1. The summed E-state index contributed by atoms with van der Waals surface area (Å²) in [5.74, 6) is -0.403. The maximum atomic E-state index is 13.2. The first-order chi connectivity index (χ1) is 14.4. The molecule has 0 radical (unpaired) electrons. The number of ether oxygens (including phenoxy) is 1. The topological polar surface area (TPSA) is 112 Å². The lowest BCUT2D eigenvalue weighted by Crippen LogP contribution is -2.47. The summed E-state index contributed by atoms with van der Waals surface area (Å²) in [7, 11) is 1.52. The smallest absolute Gasteiger partial charge is 0.333 e. The number of aromatic nitrogens is 2. The molecule has 0 unspecified atom stereocenters. The number of anilines is 3. The Hall–Kier alpha value is -2.78. The minimum absolute atomic E-state index is 0.107. The van der Waals surface area contributed by atoms with Crippen molar-refractivity contribution in [1.29, 1.82) is 0 Å². The second kappa shape index (κ2) is 9.82. The average Bonchev–Trinajstić information content (AvgIpc) is 2.72. The fourth-order valence-corrected chi connectivity index (χ4v) is 3.75. The zero-order valence-electron chi connectivity index (χ0n) is 16.9. The van der Waals surface area contributed by atoms with E-state index in [4.69, 9.17) is 22.1 Å². The molecule has 1 aromatic carbocycles. The van der Waals surface area contributed by atoms with Gasteiger partial charge in [-0.3, -0.25) is 14.2 Å². The number of amides is 1. The SMILES string of the molecule is COCCn1c(N)c(N2CCCCC2)c(=O)n(CC(=O)Nc2cccc(Cl)c2)c1=O. The standard InChI is InChI=1S/C20H26ClN5O4/c1-30-11-10-25-18(22)17(24-8-3-2-4-9-24)19(28)26(20(25)29)13-16(27)23-15-7-5-6-14(21)12-15/h5-7,12H,2-4,8-11,13,22H2,1H3,(H,23,27). The number of piperidine rings is 1. The highest BCUT2D eigenvalue weighted by Gasteiger charge is 2.24. The van der Waals surface area contributed by atoms with Crippen LogP contribution in [0.3, 0.4) is 0 Å². The number of rotatable bonds is 7. The van der Waals surface area contributed by atoms with Gasteiger partial charge in [0.2, 0.25) is 5.91 Å². The van der Waals surface area contributed by atoms with E-state index in [0.717, 1.165) is 23.8 Å². The van der Waals surface area contributed by atoms with Gasteiger partial charge in [-0.15, -0.1) is 0 Å². The van der Waals surface area contributed by atoms with Gasteiger partial charge < -0.3 is 20.7 Å². The van der Waals surface area contributed by atoms with Crippen LogP contribution < -0.4 is 27.2 Å². The molecule has 0 bridgehead atoms. The first-order valence-corrected chi connectivity index (χ1v) is 10.2. The Morgan fingerprint density at radius 3 is 2.60 bits per heavy atom. The first-order valence-electron chi connectivity index (χ1n) is 9.84. The van der Waals surface area contributed by atoms with Gasteiger partial charge in [0.05, 0.1) is 13.2 Å². The predicted molar refractivity (Wildman–Crippen MR) is 117 cm³/mol. The van der Waals surface area contributed by atoms with E-state index in [2.05, 4.69) is 5.32 Å². The number of nitrogens with zero attached hydrogens (tertiary/aromatic N) is 3. The van der Waals surface area contributed by atoms with Crippen molar-refractivity contribution in [2.45, 2.75) is 32.4 Å². The maximum Gasteiger partial charge on any atom is 0.333 e. The number of benzene rings is 1. The minimum atomic E-state index is -0.642. The second-order valence-corrected chi connectivity index (χ2v) is 7.59. The van der Waals surface area contributed by atoms with E-state index in [-0.39, 0.29) is 24.7 Å². The minimum Gasteiger partial charge on any atom is -0.383 e. The molecule has 30 heavy (non-hydrogen) atoms. The lowest BCUT2D eigenvalue weighted by Gasteiger charge is -2.30. The number of hydrogen-bond donors (Lipinski definition) is 2. The van der Waals surface area contributed by atoms with Gasteiger partial charge in [-0.1, -0.05) is 17.7 Å². The summed E-state index contributed by atoms with van der Waals surface area (Å²) >= 11 is 5.94. The fourth-order valence-electron chi connectivity index (χ4n) is 3.56. The molecule has 3 N–H and O–H groups in total. The number of carbonyl (C=O) groups excluding carboxylic acids is 1. The van der Waals surface area contributed by atoms with Gasteiger partial charge >= 0.3 is 5.69 Å². The highest BCUT2D eigenvalue weighted by atomic mass is 35.5. The highest BCUT2D eigenvalue weighted by molar-refractivity contribution is 6.30. The average molecular weight is 436 g/mol. The molecule has 2 aromatic rings. The molecule has 1 aliphatic heterocycles. The molecular weight excluding hydrogens is 410 g/mol. The Bertz CT molecular complexity index is 1030. The number of hydrogen-bond acceptors (Lipinski definition) is 6. The molecular formula is C20H26ClN5O4. The molecule has 10 heteroatoms. The number of methoxy groups -OCH3 is 1. The molecule has 1 aliphatic rings. The van der Waals surface area contributed by atoms with Crippen LogP contribution in [0.15, 0.2) is 33.9 Å². The molecule has 1 amide bonds. The number of halogens is 1. The van der Waals surface area contributed by atoms with Crippen molar-refractivity contribution < 1.29 is 9.53 Å². The van der Waals surface area contributed by atoms with Gasteiger partial charge in [0.1, 0.15) is 18.1 Å². The Balaban J connectivity index is 1.98. The van der Waals surface area contributed by atoms with Crippen LogP contribution in [0.1, 0.15) is 19.3 Å². The van der Waals surface area contributed by atoms with Crippen molar-refractivity contribution in [3.63, 3.8) is 0 Å². The molecule has 0 saturated carbocycles. The van der Waals surface area contributed by atoms with E-state index in [1.54, 1.807) is 24.3 Å². The highest BCUT2D eigenvalue weighted by Crippen LogP contribution is 2.21. The predicted octanol–water partition coefficient (Wildman–Crippen LogP) is 1.52. The molecule has 1 saturated heterocycles. The Morgan fingerprint density at radius 2 is 1.93 bits per heavy atom. The molecule has 3 rings (SSSR count). The molecule has 2 heterocycles. The molecule has 9 nitrogen and oxygen atoms in total. The van der Waals surface area contributed by atoms with Gasteiger partial charge in [0, 0.05) is 30.9 Å². The summed E-state index contributed by atoms with van der Waals surface area (Å²) in [6.45, 7) is 1.35. The normalized spacial score (nSPS) is 14.0. The zero-order chi connectivity index (χ0) is 21.7. The van der Waals surface area contributed by atoms with Crippen molar-refractivity contribution in [2.75, 3.05) is 42.8 Å². The van der Waals surface area contributed by atoms with Gasteiger partial charge in [0.15, 0.2) is 0 Å². The van der Waals surface area contributed by atoms with Crippen LogP contribution in [0.25, 0.3) is 0 Å². The Labute approximate surface area is 179 Å². The largest absolute Gasteiger partial charge is 0.383 e. The summed E-state index contributed by atoms with van der Waals surface area (Å²) < 4.78 is 7.29. The van der Waals surface area contributed by atoms with Crippen molar-refractivity contribution in [1.82, 2.24) is 9.13 Å². The van der Waals surface area contributed by atoms with E-state index in [1.807, 2.05) is 4.90 Å². The third-order valence-corrected chi connectivity index (χ3v) is 5.28. The van der Waals surface area contributed by atoms with Gasteiger partial charge in [-0.05, 0) is 37.5 Å². The number of carbonyl (C=O) groups is 1. The van der Waals surface area contributed by atoms with E-state index >= 15 is 0 Å². The van der Waals surface area contributed by atoms with Crippen LogP contribution in [-0.4, -0.2) is 41.8 Å². The quantitative estimate of drug-likeness (QED) is 0.682. The van der Waals surface area contributed by atoms with Gasteiger partial charge in [-0.2, -0.15) is 0 Å². The van der Waals surface area contributed by atoms with Crippen LogP contribution in [0.5, 0.6) is 0 Å². The Kier molecular flexibility index (Phi) is 7.17. The fraction of sp³-hybridized carbons (Fsp3) is 0.450. The van der Waals surface area contributed by atoms with Crippen molar-refractivity contribution in [3.05, 3.63) is 50.1 Å². The molecule has 0 aliphatic carbocycles. The summed E-state index contributed by atoms with van der Waals surface area (Å²) in [4.78, 5) is 40.6. The van der Waals surface area contributed by atoms with E-state index in [9.17, 15) is 14.4 Å². The van der Waals surface area contributed by atoms with Crippen molar-refractivity contribution >= 4 is 34.7 Å².